The molecule has 0 saturated carbocycles. The van der Waals surface area contributed by atoms with Crippen molar-refractivity contribution in [3.63, 3.8) is 0 Å². The summed E-state index contributed by atoms with van der Waals surface area (Å²) in [5, 5.41) is 0. The number of pyridine rings is 1. The highest BCUT2D eigenvalue weighted by Crippen LogP contribution is 2.31. The fourth-order valence-corrected chi connectivity index (χ4v) is 6.40. The van der Waals surface area contributed by atoms with Crippen LogP contribution in [0.25, 0.3) is 90.5 Å². The standard InChI is InChI=1S/C48H32N6/c1-5-14-33(15-6-1)34-24-26-35(27-25-34)43-31-44(51-45(50-43)36-16-7-2-8-17-36)42-29-28-41(32-49-42)39-22-13-23-40(30-39)48-53-46(37-18-9-3-10-19-37)52-47(54-48)38-20-11-4-12-21-38/h1-32H. The zero-order valence-corrected chi connectivity index (χ0v) is 29.2. The molecule has 9 rings (SSSR count). The Bertz CT molecular complexity index is 2610. The molecule has 6 aromatic carbocycles. The van der Waals surface area contributed by atoms with Gasteiger partial charge in [0.25, 0.3) is 0 Å². The molecule has 3 aromatic heterocycles. The van der Waals surface area contributed by atoms with Crippen molar-refractivity contribution in [3.05, 3.63) is 194 Å². The van der Waals surface area contributed by atoms with E-state index in [2.05, 4.69) is 66.7 Å². The lowest BCUT2D eigenvalue weighted by atomic mass is 10.0. The van der Waals surface area contributed by atoms with Gasteiger partial charge in [0.2, 0.25) is 0 Å². The molecule has 3 heterocycles. The minimum Gasteiger partial charge on any atom is -0.254 e. The van der Waals surface area contributed by atoms with Crippen LogP contribution in [0.3, 0.4) is 0 Å². The zero-order chi connectivity index (χ0) is 36.1. The van der Waals surface area contributed by atoms with E-state index in [0.29, 0.717) is 23.3 Å². The Hall–Kier alpha value is -7.44. The number of rotatable bonds is 8. The van der Waals surface area contributed by atoms with Gasteiger partial charge in [0.05, 0.1) is 17.1 Å². The van der Waals surface area contributed by atoms with E-state index in [9.17, 15) is 0 Å². The van der Waals surface area contributed by atoms with Crippen LogP contribution in [0.2, 0.25) is 0 Å². The Morgan fingerprint density at radius 3 is 1.17 bits per heavy atom. The van der Waals surface area contributed by atoms with Gasteiger partial charge in [0.15, 0.2) is 23.3 Å². The van der Waals surface area contributed by atoms with Crippen molar-refractivity contribution < 1.29 is 0 Å². The van der Waals surface area contributed by atoms with E-state index in [1.807, 2.05) is 128 Å². The summed E-state index contributed by atoms with van der Waals surface area (Å²) in [6, 6.07) is 63.3. The lowest BCUT2D eigenvalue weighted by molar-refractivity contribution is 1.07. The first kappa shape index (κ1) is 32.5. The van der Waals surface area contributed by atoms with Gasteiger partial charge in [-0.05, 0) is 34.9 Å². The minimum atomic E-state index is 0.605. The zero-order valence-electron chi connectivity index (χ0n) is 29.2. The molecule has 0 aliphatic heterocycles. The molecular weight excluding hydrogens is 661 g/mol. The van der Waals surface area contributed by atoms with Gasteiger partial charge >= 0.3 is 0 Å². The van der Waals surface area contributed by atoms with Crippen LogP contribution in [0.1, 0.15) is 0 Å². The van der Waals surface area contributed by atoms with Crippen LogP contribution in [0.15, 0.2) is 194 Å². The van der Waals surface area contributed by atoms with Crippen LogP contribution < -0.4 is 0 Å². The van der Waals surface area contributed by atoms with E-state index in [0.717, 1.165) is 61.6 Å². The molecule has 0 unspecified atom stereocenters. The largest absolute Gasteiger partial charge is 0.254 e. The van der Waals surface area contributed by atoms with Crippen LogP contribution in [-0.4, -0.2) is 29.9 Å². The molecule has 6 heteroatoms. The summed E-state index contributed by atoms with van der Waals surface area (Å²) >= 11 is 0. The summed E-state index contributed by atoms with van der Waals surface area (Å²) < 4.78 is 0. The van der Waals surface area contributed by atoms with Crippen molar-refractivity contribution in [2.75, 3.05) is 0 Å². The third-order valence-electron chi connectivity index (χ3n) is 9.23. The third-order valence-corrected chi connectivity index (χ3v) is 9.23. The summed E-state index contributed by atoms with van der Waals surface area (Å²) in [6.07, 6.45) is 1.89. The van der Waals surface area contributed by atoms with Crippen molar-refractivity contribution >= 4 is 0 Å². The summed E-state index contributed by atoms with van der Waals surface area (Å²) in [5.74, 6) is 2.51. The number of nitrogens with zero attached hydrogens (tertiary/aromatic N) is 6. The number of hydrogen-bond donors (Lipinski definition) is 0. The van der Waals surface area contributed by atoms with Gasteiger partial charge in [-0.25, -0.2) is 24.9 Å². The highest BCUT2D eigenvalue weighted by Gasteiger charge is 2.15. The quantitative estimate of drug-likeness (QED) is 0.158. The molecule has 0 amide bonds. The summed E-state index contributed by atoms with van der Waals surface area (Å²) in [4.78, 5) is 29.6. The molecule has 6 nitrogen and oxygen atoms in total. The van der Waals surface area contributed by atoms with E-state index >= 15 is 0 Å². The molecule has 0 atom stereocenters. The first-order chi connectivity index (χ1) is 26.7. The number of aromatic nitrogens is 6. The maximum absolute atomic E-state index is 5.00. The number of hydrogen-bond acceptors (Lipinski definition) is 6. The molecular formula is C48H32N6. The topological polar surface area (TPSA) is 77.3 Å². The molecule has 0 spiro atoms. The Morgan fingerprint density at radius 1 is 0.222 bits per heavy atom. The van der Waals surface area contributed by atoms with Gasteiger partial charge in [-0.1, -0.05) is 170 Å². The van der Waals surface area contributed by atoms with Crippen molar-refractivity contribution in [3.8, 4) is 90.5 Å². The first-order valence-corrected chi connectivity index (χ1v) is 17.8. The summed E-state index contributed by atoms with van der Waals surface area (Å²) in [5.41, 5.74) is 11.3. The number of benzene rings is 6. The van der Waals surface area contributed by atoms with Crippen LogP contribution in [0.4, 0.5) is 0 Å². The molecule has 54 heavy (non-hydrogen) atoms. The van der Waals surface area contributed by atoms with Crippen LogP contribution >= 0.6 is 0 Å². The minimum absolute atomic E-state index is 0.605. The lowest BCUT2D eigenvalue weighted by Crippen LogP contribution is -2.00. The Labute approximate surface area is 313 Å². The average Bonchev–Trinajstić information content (AvgIpc) is 3.27. The normalized spacial score (nSPS) is 11.0. The van der Waals surface area contributed by atoms with Gasteiger partial charge in [0.1, 0.15) is 0 Å². The lowest BCUT2D eigenvalue weighted by Gasteiger charge is -2.11. The van der Waals surface area contributed by atoms with Gasteiger partial charge in [-0.2, -0.15) is 0 Å². The first-order valence-electron chi connectivity index (χ1n) is 17.8. The van der Waals surface area contributed by atoms with E-state index < -0.39 is 0 Å². The van der Waals surface area contributed by atoms with E-state index in [4.69, 9.17) is 29.9 Å². The van der Waals surface area contributed by atoms with Crippen molar-refractivity contribution in [2.24, 2.45) is 0 Å². The molecule has 0 aliphatic rings. The second-order valence-electron chi connectivity index (χ2n) is 12.8. The molecule has 254 valence electrons. The maximum Gasteiger partial charge on any atom is 0.164 e. The van der Waals surface area contributed by atoms with Gasteiger partial charge < -0.3 is 0 Å². The molecule has 9 aromatic rings. The van der Waals surface area contributed by atoms with Gasteiger partial charge in [-0.3, -0.25) is 4.98 Å². The van der Waals surface area contributed by atoms with Crippen LogP contribution in [0.5, 0.6) is 0 Å². The molecule has 0 fully saturated rings. The summed E-state index contributed by atoms with van der Waals surface area (Å²) in [7, 11) is 0. The van der Waals surface area contributed by atoms with Crippen LogP contribution in [0, 0.1) is 0 Å². The smallest absolute Gasteiger partial charge is 0.164 e. The molecule has 0 aliphatic carbocycles. The van der Waals surface area contributed by atoms with Gasteiger partial charge in [-0.15, -0.1) is 0 Å². The Balaban J connectivity index is 1.06. The van der Waals surface area contributed by atoms with E-state index in [1.165, 1.54) is 5.56 Å². The Kier molecular flexibility index (Phi) is 8.81. The fraction of sp³-hybridized carbons (Fsp3) is 0. The highest BCUT2D eigenvalue weighted by atomic mass is 15.0. The maximum atomic E-state index is 5.00. The van der Waals surface area contributed by atoms with Crippen LogP contribution in [-0.2, 0) is 0 Å². The second-order valence-corrected chi connectivity index (χ2v) is 12.8. The molecule has 0 radical (unpaired) electrons. The molecule has 0 bridgehead atoms. The van der Waals surface area contributed by atoms with Crippen molar-refractivity contribution in [1.82, 2.24) is 29.9 Å². The second kappa shape index (κ2) is 14.7. The summed E-state index contributed by atoms with van der Waals surface area (Å²) in [6.45, 7) is 0. The SMILES string of the molecule is c1ccc(-c2ccc(-c3cc(-c4ccc(-c5cccc(-c6nc(-c7ccccc7)nc(-c7ccccc7)n6)c5)cn4)nc(-c4ccccc4)n3)cc2)cc1. The highest BCUT2D eigenvalue weighted by molar-refractivity contribution is 5.76. The van der Waals surface area contributed by atoms with Crippen molar-refractivity contribution in [1.29, 1.82) is 0 Å². The average molecular weight is 693 g/mol. The van der Waals surface area contributed by atoms with E-state index in [1.54, 1.807) is 0 Å². The van der Waals surface area contributed by atoms with Gasteiger partial charge in [0, 0.05) is 39.6 Å². The Morgan fingerprint density at radius 2 is 0.630 bits per heavy atom. The third kappa shape index (κ3) is 6.92. The predicted molar refractivity (Wildman–Crippen MR) is 217 cm³/mol. The molecule has 0 N–H and O–H groups in total. The molecule has 0 saturated heterocycles. The van der Waals surface area contributed by atoms with Crippen molar-refractivity contribution in [2.45, 2.75) is 0 Å². The monoisotopic (exact) mass is 692 g/mol. The fourth-order valence-electron chi connectivity index (χ4n) is 6.40. The predicted octanol–water partition coefficient (Wildman–Crippen LogP) is 11.4. The van der Waals surface area contributed by atoms with E-state index in [-0.39, 0.29) is 0 Å².